The second-order valence-corrected chi connectivity index (χ2v) is 9.38. The molecule has 0 saturated carbocycles. The van der Waals surface area contributed by atoms with Gasteiger partial charge in [-0.2, -0.15) is 0 Å². The molecule has 0 fully saturated rings. The van der Waals surface area contributed by atoms with Crippen LogP contribution in [0.5, 0.6) is 5.75 Å². The Morgan fingerprint density at radius 1 is 0.929 bits per heavy atom. The van der Waals surface area contributed by atoms with Crippen molar-refractivity contribution in [3.63, 3.8) is 0 Å². The molecule has 0 aromatic heterocycles. The van der Waals surface area contributed by atoms with Crippen molar-refractivity contribution in [2.45, 2.75) is 38.4 Å². The summed E-state index contributed by atoms with van der Waals surface area (Å²) in [6, 6.07) is 25.1. The summed E-state index contributed by atoms with van der Waals surface area (Å²) in [5.74, 6) is 0.397. The Morgan fingerprint density at radius 3 is 2.36 bits per heavy atom. The van der Waals surface area contributed by atoms with Gasteiger partial charge in [-0.1, -0.05) is 89.5 Å². The Morgan fingerprint density at radius 2 is 1.64 bits per heavy atom. The van der Waals surface area contributed by atoms with E-state index in [9.17, 15) is 5.11 Å². The lowest BCUT2D eigenvalue weighted by atomic mass is 9.91. The fourth-order valence-corrected chi connectivity index (χ4v) is 5.65. The van der Waals surface area contributed by atoms with Gasteiger partial charge in [-0.15, -0.1) is 0 Å². The highest BCUT2D eigenvalue weighted by Crippen LogP contribution is 2.49. The maximum atomic E-state index is 10.8. The first-order valence-electron chi connectivity index (χ1n) is 9.97. The summed E-state index contributed by atoms with van der Waals surface area (Å²) in [6.07, 6.45) is 2.11. The quantitative estimate of drug-likeness (QED) is 0.476. The van der Waals surface area contributed by atoms with Crippen molar-refractivity contribution in [2.75, 3.05) is 7.05 Å². The summed E-state index contributed by atoms with van der Waals surface area (Å²) < 4.78 is 0. The van der Waals surface area contributed by atoms with Crippen LogP contribution in [0.3, 0.4) is 0 Å². The van der Waals surface area contributed by atoms with Gasteiger partial charge in [0.2, 0.25) is 0 Å². The van der Waals surface area contributed by atoms with Crippen molar-refractivity contribution in [3.05, 3.63) is 83.9 Å². The minimum atomic E-state index is -0.104. The highest BCUT2D eigenvalue weighted by Gasteiger charge is 2.30. The van der Waals surface area contributed by atoms with Crippen LogP contribution in [0.2, 0.25) is 0 Å². The molecule has 0 bridgehead atoms. The molecule has 3 rings (SSSR count). The molecule has 146 valence electrons. The van der Waals surface area contributed by atoms with E-state index >= 15 is 0 Å². The zero-order chi connectivity index (χ0) is 20.0. The number of nitrogens with one attached hydrogen (secondary N) is 1. The molecule has 0 amide bonds. The van der Waals surface area contributed by atoms with Gasteiger partial charge < -0.3 is 10.4 Å². The van der Waals surface area contributed by atoms with E-state index in [2.05, 4.69) is 73.8 Å². The Labute approximate surface area is 170 Å². The standard InChI is InChI=1S/C25H30NOP/c1-4-16-25(2,28-24-13-9-8-12-21(24)18-26-3)22-17-20(14-15-23(22)27)19-10-6-5-7-11-19/h5-15,17,26-28H,4,16,18H2,1-3H3. The molecule has 3 heteroatoms. The smallest absolute Gasteiger partial charge is 0.119 e. The number of phenols is 1. The first-order chi connectivity index (χ1) is 13.6. The molecule has 0 radical (unpaired) electrons. The van der Waals surface area contributed by atoms with E-state index in [1.807, 2.05) is 25.2 Å². The van der Waals surface area contributed by atoms with Gasteiger partial charge in [-0.3, -0.25) is 0 Å². The molecule has 2 nitrogen and oxygen atoms in total. The minimum absolute atomic E-state index is 0.104. The highest BCUT2D eigenvalue weighted by atomic mass is 31.1. The number of aromatic hydroxyl groups is 1. The first-order valence-corrected chi connectivity index (χ1v) is 11.0. The van der Waals surface area contributed by atoms with Crippen LogP contribution in [0.25, 0.3) is 11.1 Å². The van der Waals surface area contributed by atoms with Gasteiger partial charge in [0.1, 0.15) is 5.75 Å². The molecule has 2 N–H and O–H groups in total. The summed E-state index contributed by atoms with van der Waals surface area (Å²) >= 11 is 0. The molecule has 0 saturated heterocycles. The van der Waals surface area contributed by atoms with Gasteiger partial charge in [0.15, 0.2) is 0 Å². The van der Waals surface area contributed by atoms with Crippen molar-refractivity contribution in [3.8, 4) is 16.9 Å². The van der Waals surface area contributed by atoms with Crippen molar-refractivity contribution in [2.24, 2.45) is 0 Å². The Hall–Kier alpha value is -2.15. The van der Waals surface area contributed by atoms with Gasteiger partial charge >= 0.3 is 0 Å². The number of hydrogen-bond acceptors (Lipinski definition) is 2. The third-order valence-corrected chi connectivity index (χ3v) is 7.07. The Bertz CT molecular complexity index is 909. The van der Waals surface area contributed by atoms with Crippen LogP contribution in [0.15, 0.2) is 72.8 Å². The van der Waals surface area contributed by atoms with Crippen LogP contribution < -0.4 is 10.6 Å². The molecule has 3 aromatic carbocycles. The van der Waals surface area contributed by atoms with Gasteiger partial charge in [-0.25, -0.2) is 0 Å². The Balaban J connectivity index is 2.04. The van der Waals surface area contributed by atoms with E-state index in [0.29, 0.717) is 14.3 Å². The van der Waals surface area contributed by atoms with Crippen LogP contribution in [0, 0.1) is 0 Å². The highest BCUT2D eigenvalue weighted by molar-refractivity contribution is 7.48. The van der Waals surface area contributed by atoms with Crippen molar-refractivity contribution in [1.82, 2.24) is 5.32 Å². The molecule has 2 unspecified atom stereocenters. The van der Waals surface area contributed by atoms with E-state index in [1.165, 1.54) is 16.4 Å². The van der Waals surface area contributed by atoms with Crippen molar-refractivity contribution >= 4 is 13.9 Å². The third-order valence-electron chi connectivity index (χ3n) is 5.24. The monoisotopic (exact) mass is 391 g/mol. The van der Waals surface area contributed by atoms with Crippen LogP contribution in [0.4, 0.5) is 0 Å². The molecule has 0 heterocycles. The van der Waals surface area contributed by atoms with E-state index in [4.69, 9.17) is 0 Å². The zero-order valence-corrected chi connectivity index (χ0v) is 18.0. The van der Waals surface area contributed by atoms with Crippen LogP contribution >= 0.6 is 8.58 Å². The molecule has 28 heavy (non-hydrogen) atoms. The molecular weight excluding hydrogens is 361 g/mol. The maximum Gasteiger partial charge on any atom is 0.119 e. The Kier molecular flexibility index (Phi) is 6.88. The number of hydrogen-bond donors (Lipinski definition) is 2. The third kappa shape index (κ3) is 4.63. The summed E-state index contributed by atoms with van der Waals surface area (Å²) in [7, 11) is 2.58. The normalized spacial score (nSPS) is 13.7. The fraction of sp³-hybridized carbons (Fsp3) is 0.280. The lowest BCUT2D eigenvalue weighted by Gasteiger charge is -2.32. The lowest BCUT2D eigenvalue weighted by Crippen LogP contribution is -2.22. The molecule has 0 aliphatic heterocycles. The van der Waals surface area contributed by atoms with Crippen molar-refractivity contribution in [1.29, 1.82) is 0 Å². The van der Waals surface area contributed by atoms with Crippen LogP contribution in [-0.4, -0.2) is 12.2 Å². The molecule has 3 aromatic rings. The number of rotatable bonds is 8. The predicted octanol–water partition coefficient (Wildman–Crippen LogP) is 5.80. The van der Waals surface area contributed by atoms with E-state index in [-0.39, 0.29) is 5.16 Å². The maximum absolute atomic E-state index is 10.8. The summed E-state index contributed by atoms with van der Waals surface area (Å²) in [4.78, 5) is 0. The molecule has 2 atom stereocenters. The zero-order valence-electron chi connectivity index (χ0n) is 17.0. The summed E-state index contributed by atoms with van der Waals surface area (Å²) in [5.41, 5.74) is 4.73. The summed E-state index contributed by atoms with van der Waals surface area (Å²) in [5, 5.41) is 15.3. The molecule has 0 aliphatic rings. The van der Waals surface area contributed by atoms with Gasteiger partial charge in [0.05, 0.1) is 0 Å². The van der Waals surface area contributed by atoms with E-state index in [1.54, 1.807) is 0 Å². The first kappa shape index (κ1) is 20.6. The van der Waals surface area contributed by atoms with Crippen molar-refractivity contribution < 1.29 is 5.11 Å². The number of benzene rings is 3. The fourth-order valence-electron chi connectivity index (χ4n) is 3.84. The second-order valence-electron chi connectivity index (χ2n) is 7.49. The summed E-state index contributed by atoms with van der Waals surface area (Å²) in [6.45, 7) is 5.39. The van der Waals surface area contributed by atoms with Gasteiger partial charge in [-0.05, 0) is 47.6 Å². The van der Waals surface area contributed by atoms with Crippen LogP contribution in [0.1, 0.15) is 37.8 Å². The lowest BCUT2D eigenvalue weighted by molar-refractivity contribution is 0.453. The molecular formula is C25H30NOP. The average molecular weight is 391 g/mol. The van der Waals surface area contributed by atoms with E-state index in [0.717, 1.165) is 30.5 Å². The van der Waals surface area contributed by atoms with Gasteiger partial charge in [0, 0.05) is 17.3 Å². The minimum Gasteiger partial charge on any atom is -0.508 e. The SMILES string of the molecule is CCCC(C)(Pc1ccccc1CNC)c1cc(-c2ccccc2)ccc1O. The molecule has 0 spiro atoms. The van der Waals surface area contributed by atoms with Gasteiger partial charge in [0.25, 0.3) is 0 Å². The second kappa shape index (κ2) is 9.37. The van der Waals surface area contributed by atoms with Crippen LogP contribution in [-0.2, 0) is 11.7 Å². The molecule has 0 aliphatic carbocycles. The average Bonchev–Trinajstić information content (AvgIpc) is 2.71. The number of phenolic OH excluding ortho intramolecular Hbond substituents is 1. The largest absolute Gasteiger partial charge is 0.508 e. The van der Waals surface area contributed by atoms with E-state index < -0.39 is 0 Å². The topological polar surface area (TPSA) is 32.3 Å². The predicted molar refractivity (Wildman–Crippen MR) is 123 cm³/mol.